The van der Waals surface area contributed by atoms with Gasteiger partial charge in [-0.1, -0.05) is 12.5 Å². The molecule has 3 heterocycles. The van der Waals surface area contributed by atoms with Crippen molar-refractivity contribution in [1.29, 1.82) is 0 Å². The molecule has 29 heavy (non-hydrogen) atoms. The van der Waals surface area contributed by atoms with Gasteiger partial charge in [0.05, 0.1) is 6.04 Å². The summed E-state index contributed by atoms with van der Waals surface area (Å²) in [6, 6.07) is 6.66. The van der Waals surface area contributed by atoms with Crippen LogP contribution in [0.1, 0.15) is 48.3 Å². The van der Waals surface area contributed by atoms with Crippen LogP contribution in [0.5, 0.6) is 11.5 Å². The van der Waals surface area contributed by atoms with Gasteiger partial charge < -0.3 is 19.8 Å². The van der Waals surface area contributed by atoms with Crippen molar-refractivity contribution in [2.45, 2.75) is 37.1 Å². The summed E-state index contributed by atoms with van der Waals surface area (Å²) in [5.74, 6) is 0.979. The lowest BCUT2D eigenvalue weighted by molar-refractivity contribution is 0.0935. The number of carbonyl (C=O) groups is 1. The fourth-order valence-electron chi connectivity index (χ4n) is 3.60. The summed E-state index contributed by atoms with van der Waals surface area (Å²) in [5, 5.41) is 2.89. The quantitative estimate of drug-likeness (QED) is 0.775. The molecule has 2 aliphatic rings. The fourth-order valence-corrected chi connectivity index (χ4v) is 5.11. The van der Waals surface area contributed by atoms with Crippen LogP contribution in [0.3, 0.4) is 0 Å². The molecule has 1 aromatic carbocycles. The molecular weight excluding hydrogens is 394 g/mol. The Kier molecular flexibility index (Phi) is 5.51. The number of nitrogens with zero attached hydrogens (tertiary/aromatic N) is 1. The minimum atomic E-state index is -3.57. The van der Waals surface area contributed by atoms with Gasteiger partial charge in [0.25, 0.3) is 5.91 Å². The molecule has 2 N–H and O–H groups in total. The highest BCUT2D eigenvalue weighted by Gasteiger charge is 2.28. The first kappa shape index (κ1) is 19.8. The van der Waals surface area contributed by atoms with Crippen LogP contribution in [0.4, 0.5) is 0 Å². The molecule has 0 saturated carbocycles. The number of sulfonamides is 1. The fraction of sp³-hybridized carbons (Fsp3) is 0.450. The number of hydrogen-bond acceptors (Lipinski definition) is 5. The first-order chi connectivity index (χ1) is 13.9. The van der Waals surface area contributed by atoms with Gasteiger partial charge in [-0.05, 0) is 43.5 Å². The Bertz CT molecular complexity index is 995. The van der Waals surface area contributed by atoms with Crippen molar-refractivity contribution in [1.82, 2.24) is 14.6 Å². The Morgan fingerprint density at radius 2 is 1.83 bits per heavy atom. The summed E-state index contributed by atoms with van der Waals surface area (Å²) in [7, 11) is -3.57. The summed E-state index contributed by atoms with van der Waals surface area (Å²) in [6.07, 6.45) is 4.16. The van der Waals surface area contributed by atoms with Crippen LogP contribution >= 0.6 is 0 Å². The smallest absolute Gasteiger partial charge is 0.268 e. The summed E-state index contributed by atoms with van der Waals surface area (Å²) in [6.45, 7) is 3.92. The average molecular weight is 420 g/mol. The maximum Gasteiger partial charge on any atom is 0.268 e. The number of aromatic nitrogens is 1. The number of nitrogens with one attached hydrogen (secondary N) is 2. The molecule has 4 rings (SSSR count). The van der Waals surface area contributed by atoms with Crippen LogP contribution in [-0.4, -0.2) is 49.9 Å². The van der Waals surface area contributed by atoms with E-state index >= 15 is 0 Å². The van der Waals surface area contributed by atoms with Crippen molar-refractivity contribution in [3.8, 4) is 11.5 Å². The molecule has 2 aromatic rings. The van der Waals surface area contributed by atoms with Crippen LogP contribution in [0, 0.1) is 0 Å². The topological polar surface area (TPSA) is 101 Å². The second kappa shape index (κ2) is 8.08. The Morgan fingerprint density at radius 3 is 2.59 bits per heavy atom. The Balaban J connectivity index is 1.45. The van der Waals surface area contributed by atoms with E-state index < -0.39 is 10.0 Å². The highest BCUT2D eigenvalue weighted by Crippen LogP contribution is 2.32. The number of hydrogen-bond donors (Lipinski definition) is 2. The van der Waals surface area contributed by atoms with E-state index in [2.05, 4.69) is 10.3 Å². The number of aromatic amines is 1. The van der Waals surface area contributed by atoms with Crippen LogP contribution in [0.25, 0.3) is 0 Å². The second-order valence-corrected chi connectivity index (χ2v) is 9.25. The van der Waals surface area contributed by atoms with Crippen LogP contribution in [0.15, 0.2) is 35.4 Å². The van der Waals surface area contributed by atoms with Crippen molar-refractivity contribution < 1.29 is 22.7 Å². The number of amides is 1. The second-order valence-electron chi connectivity index (χ2n) is 7.31. The molecule has 1 unspecified atom stereocenters. The minimum absolute atomic E-state index is 0.122. The number of fused-ring (bicyclic) bond motifs is 1. The summed E-state index contributed by atoms with van der Waals surface area (Å²) < 4.78 is 38.1. The average Bonchev–Trinajstić information content (AvgIpc) is 3.25. The minimum Gasteiger partial charge on any atom is -0.486 e. The van der Waals surface area contributed by atoms with Gasteiger partial charge in [-0.15, -0.1) is 0 Å². The lowest BCUT2D eigenvalue weighted by Crippen LogP contribution is -2.35. The van der Waals surface area contributed by atoms with E-state index in [1.165, 1.54) is 16.6 Å². The Hall–Kier alpha value is -2.52. The van der Waals surface area contributed by atoms with Crippen LogP contribution in [0.2, 0.25) is 0 Å². The highest BCUT2D eigenvalue weighted by molar-refractivity contribution is 7.89. The molecule has 0 aliphatic carbocycles. The number of piperidine rings is 1. The van der Waals surface area contributed by atoms with Gasteiger partial charge >= 0.3 is 0 Å². The van der Waals surface area contributed by atoms with E-state index in [1.807, 2.05) is 25.1 Å². The molecule has 0 spiro atoms. The zero-order valence-electron chi connectivity index (χ0n) is 16.3. The number of benzene rings is 1. The largest absolute Gasteiger partial charge is 0.486 e. The molecule has 0 bridgehead atoms. The van der Waals surface area contributed by atoms with Gasteiger partial charge in [-0.25, -0.2) is 8.42 Å². The Morgan fingerprint density at radius 1 is 1.10 bits per heavy atom. The third-order valence-electron chi connectivity index (χ3n) is 5.27. The van der Waals surface area contributed by atoms with Gasteiger partial charge in [0, 0.05) is 19.3 Å². The number of carbonyl (C=O) groups excluding carboxylic acids is 1. The maximum absolute atomic E-state index is 12.8. The molecule has 8 nitrogen and oxygen atoms in total. The number of ether oxygens (including phenoxy) is 2. The molecule has 1 saturated heterocycles. The molecule has 1 fully saturated rings. The predicted octanol–water partition coefficient (Wildman–Crippen LogP) is 2.45. The van der Waals surface area contributed by atoms with Crippen molar-refractivity contribution in [2.75, 3.05) is 26.3 Å². The molecular formula is C20H25N3O5S. The molecule has 2 aliphatic heterocycles. The molecule has 9 heteroatoms. The highest BCUT2D eigenvalue weighted by atomic mass is 32.2. The van der Waals surface area contributed by atoms with Crippen molar-refractivity contribution in [3.05, 3.63) is 41.7 Å². The Labute approximate surface area is 170 Å². The molecule has 1 atom stereocenters. The van der Waals surface area contributed by atoms with Gasteiger partial charge in [0.2, 0.25) is 10.0 Å². The van der Waals surface area contributed by atoms with Gasteiger partial charge in [-0.3, -0.25) is 4.79 Å². The zero-order valence-corrected chi connectivity index (χ0v) is 17.1. The van der Waals surface area contributed by atoms with E-state index in [0.717, 1.165) is 24.8 Å². The lowest BCUT2D eigenvalue weighted by Gasteiger charge is -2.25. The normalized spacial score (nSPS) is 18.2. The molecule has 0 radical (unpaired) electrons. The SMILES string of the molecule is CC(NC(=O)c1cc(S(=O)(=O)N2CCCCC2)c[nH]1)c1ccc2c(c1)OCCO2. The zero-order chi connectivity index (χ0) is 20.4. The number of rotatable bonds is 5. The maximum atomic E-state index is 12.8. The summed E-state index contributed by atoms with van der Waals surface area (Å²) >= 11 is 0. The van der Waals surface area contributed by atoms with E-state index in [-0.39, 0.29) is 22.5 Å². The third kappa shape index (κ3) is 4.11. The van der Waals surface area contributed by atoms with E-state index in [0.29, 0.717) is 37.8 Å². The van der Waals surface area contributed by atoms with Gasteiger partial charge in [0.1, 0.15) is 23.8 Å². The molecule has 156 valence electrons. The standard InChI is InChI=1S/C20H25N3O5S/c1-14(15-5-6-18-19(11-15)28-10-9-27-18)22-20(24)17-12-16(13-21-17)29(25,26)23-7-3-2-4-8-23/h5-6,11-14,21H,2-4,7-10H2,1H3,(H,22,24). The van der Waals surface area contributed by atoms with Crippen molar-refractivity contribution >= 4 is 15.9 Å². The van der Waals surface area contributed by atoms with E-state index in [1.54, 1.807) is 0 Å². The van der Waals surface area contributed by atoms with Crippen molar-refractivity contribution in [2.24, 2.45) is 0 Å². The molecule has 1 amide bonds. The van der Waals surface area contributed by atoms with E-state index in [4.69, 9.17) is 9.47 Å². The first-order valence-electron chi connectivity index (χ1n) is 9.84. The summed E-state index contributed by atoms with van der Waals surface area (Å²) in [4.78, 5) is 15.5. The predicted molar refractivity (Wildman–Crippen MR) is 107 cm³/mol. The number of H-pyrrole nitrogens is 1. The van der Waals surface area contributed by atoms with E-state index in [9.17, 15) is 13.2 Å². The monoisotopic (exact) mass is 419 g/mol. The van der Waals surface area contributed by atoms with Gasteiger partial charge in [0.15, 0.2) is 11.5 Å². The van der Waals surface area contributed by atoms with Crippen molar-refractivity contribution in [3.63, 3.8) is 0 Å². The van der Waals surface area contributed by atoms with Gasteiger partial charge in [-0.2, -0.15) is 4.31 Å². The lowest BCUT2D eigenvalue weighted by atomic mass is 10.1. The summed E-state index contributed by atoms with van der Waals surface area (Å²) in [5.41, 5.74) is 1.08. The molecule has 1 aromatic heterocycles. The van der Waals surface area contributed by atoms with Crippen LogP contribution < -0.4 is 14.8 Å². The third-order valence-corrected chi connectivity index (χ3v) is 7.14. The first-order valence-corrected chi connectivity index (χ1v) is 11.3. The van der Waals surface area contributed by atoms with Crippen LogP contribution in [-0.2, 0) is 10.0 Å².